The first-order valence-corrected chi connectivity index (χ1v) is 9.11. The van der Waals surface area contributed by atoms with Gasteiger partial charge in [-0.2, -0.15) is 0 Å². The second kappa shape index (κ2) is 5.92. The van der Waals surface area contributed by atoms with Crippen LogP contribution in [-0.2, 0) is 11.3 Å². The van der Waals surface area contributed by atoms with Crippen LogP contribution in [0.3, 0.4) is 0 Å². The Morgan fingerprint density at radius 3 is 3.04 bits per heavy atom. The second-order valence-electron chi connectivity index (χ2n) is 7.64. The fourth-order valence-corrected chi connectivity index (χ4v) is 4.50. The third-order valence-electron chi connectivity index (χ3n) is 6.01. The normalized spacial score (nSPS) is 27.2. The van der Waals surface area contributed by atoms with E-state index >= 15 is 0 Å². The molecule has 24 heavy (non-hydrogen) atoms. The average molecular weight is 326 g/mol. The van der Waals surface area contributed by atoms with Crippen molar-refractivity contribution in [2.75, 3.05) is 13.1 Å². The molecule has 1 aliphatic heterocycles. The first kappa shape index (κ1) is 15.7. The van der Waals surface area contributed by atoms with Crippen LogP contribution in [0.2, 0.25) is 0 Å². The van der Waals surface area contributed by atoms with Crippen molar-refractivity contribution in [2.24, 2.45) is 5.92 Å². The number of carbonyl (C=O) groups excluding carboxylic acids is 1. The predicted octanol–water partition coefficient (Wildman–Crippen LogP) is 3.10. The molecule has 0 bridgehead atoms. The Morgan fingerprint density at radius 1 is 1.29 bits per heavy atom. The molecule has 0 spiro atoms. The van der Waals surface area contributed by atoms with Gasteiger partial charge in [-0.3, -0.25) is 4.79 Å². The summed E-state index contributed by atoms with van der Waals surface area (Å²) in [5, 5.41) is 12.0. The molecule has 4 nitrogen and oxygen atoms in total. The molecule has 1 aromatic heterocycles. The molecular formula is C20H26N2O2. The van der Waals surface area contributed by atoms with Crippen LogP contribution in [0.25, 0.3) is 10.9 Å². The van der Waals surface area contributed by atoms with Gasteiger partial charge in [-0.1, -0.05) is 24.5 Å². The summed E-state index contributed by atoms with van der Waals surface area (Å²) in [6, 6.07) is 8.41. The number of hydrogen-bond donors (Lipinski definition) is 1. The van der Waals surface area contributed by atoms with Crippen molar-refractivity contribution in [3.8, 4) is 0 Å². The van der Waals surface area contributed by atoms with E-state index in [1.165, 1.54) is 17.4 Å². The minimum atomic E-state index is -0.521. The van der Waals surface area contributed by atoms with Gasteiger partial charge in [-0.15, -0.1) is 0 Å². The monoisotopic (exact) mass is 326 g/mol. The van der Waals surface area contributed by atoms with E-state index in [2.05, 4.69) is 31.2 Å². The van der Waals surface area contributed by atoms with Crippen molar-refractivity contribution < 1.29 is 9.90 Å². The van der Waals surface area contributed by atoms with Crippen LogP contribution in [0, 0.1) is 12.8 Å². The number of amides is 1. The van der Waals surface area contributed by atoms with Crippen LogP contribution in [0.5, 0.6) is 0 Å². The number of aromatic nitrogens is 1. The molecule has 2 atom stereocenters. The van der Waals surface area contributed by atoms with Crippen LogP contribution in [0.15, 0.2) is 30.5 Å². The number of piperidine rings is 1. The van der Waals surface area contributed by atoms with Gasteiger partial charge in [0.1, 0.15) is 6.54 Å². The minimum absolute atomic E-state index is 0.167. The van der Waals surface area contributed by atoms with Crippen LogP contribution in [0.1, 0.15) is 37.7 Å². The van der Waals surface area contributed by atoms with Gasteiger partial charge in [0.05, 0.1) is 5.60 Å². The van der Waals surface area contributed by atoms with E-state index in [9.17, 15) is 9.90 Å². The molecule has 1 saturated heterocycles. The van der Waals surface area contributed by atoms with Gasteiger partial charge in [0.15, 0.2) is 0 Å². The summed E-state index contributed by atoms with van der Waals surface area (Å²) in [6.45, 7) is 3.87. The Kier molecular flexibility index (Phi) is 3.87. The SMILES string of the molecule is Cc1ccc2c(ccn2CC(=O)N2CC[C@@]3(O)CCCC[C@@H]3C2)c1. The average Bonchev–Trinajstić information content (AvgIpc) is 2.95. The Hall–Kier alpha value is -1.81. The summed E-state index contributed by atoms with van der Waals surface area (Å²) >= 11 is 0. The number of nitrogens with zero attached hydrogens (tertiary/aromatic N) is 2. The number of aliphatic hydroxyl groups is 1. The quantitative estimate of drug-likeness (QED) is 0.922. The van der Waals surface area contributed by atoms with Gasteiger partial charge < -0.3 is 14.6 Å². The lowest BCUT2D eigenvalue weighted by Crippen LogP contribution is -2.55. The largest absolute Gasteiger partial charge is 0.389 e. The number of carbonyl (C=O) groups is 1. The highest BCUT2D eigenvalue weighted by Crippen LogP contribution is 2.39. The molecule has 2 aromatic rings. The van der Waals surface area contributed by atoms with E-state index < -0.39 is 5.60 Å². The molecule has 0 unspecified atom stereocenters. The molecule has 0 radical (unpaired) electrons. The van der Waals surface area contributed by atoms with Crippen molar-refractivity contribution in [1.29, 1.82) is 0 Å². The smallest absolute Gasteiger partial charge is 0.242 e. The molecule has 2 fully saturated rings. The van der Waals surface area contributed by atoms with E-state index in [0.717, 1.165) is 31.2 Å². The lowest BCUT2D eigenvalue weighted by Gasteiger charge is -2.47. The van der Waals surface area contributed by atoms with Gasteiger partial charge in [0, 0.05) is 30.7 Å². The first-order chi connectivity index (χ1) is 11.5. The Balaban J connectivity index is 1.48. The number of rotatable bonds is 2. The first-order valence-electron chi connectivity index (χ1n) is 9.11. The highest BCUT2D eigenvalue weighted by Gasteiger charge is 2.43. The van der Waals surface area contributed by atoms with Crippen molar-refractivity contribution in [3.05, 3.63) is 36.0 Å². The van der Waals surface area contributed by atoms with Crippen molar-refractivity contribution >= 4 is 16.8 Å². The summed E-state index contributed by atoms with van der Waals surface area (Å²) in [5.41, 5.74) is 1.83. The van der Waals surface area contributed by atoms with E-state index in [1.807, 2.05) is 15.7 Å². The van der Waals surface area contributed by atoms with Gasteiger partial charge in [-0.05, 0) is 49.8 Å². The molecule has 1 saturated carbocycles. The third kappa shape index (κ3) is 2.73. The summed E-state index contributed by atoms with van der Waals surface area (Å²) in [5.74, 6) is 0.425. The van der Waals surface area contributed by atoms with E-state index in [4.69, 9.17) is 0 Å². The summed E-state index contributed by atoms with van der Waals surface area (Å²) in [4.78, 5) is 14.7. The molecule has 4 rings (SSSR count). The van der Waals surface area contributed by atoms with Gasteiger partial charge >= 0.3 is 0 Å². The van der Waals surface area contributed by atoms with Crippen molar-refractivity contribution in [2.45, 2.75) is 51.2 Å². The van der Waals surface area contributed by atoms with Gasteiger partial charge in [-0.25, -0.2) is 0 Å². The van der Waals surface area contributed by atoms with E-state index in [1.54, 1.807) is 0 Å². The highest BCUT2D eigenvalue weighted by molar-refractivity contribution is 5.84. The maximum Gasteiger partial charge on any atom is 0.242 e. The zero-order chi connectivity index (χ0) is 16.7. The molecule has 1 amide bonds. The third-order valence-corrected chi connectivity index (χ3v) is 6.01. The molecule has 1 N–H and O–H groups in total. The molecule has 2 heterocycles. The maximum atomic E-state index is 12.8. The van der Waals surface area contributed by atoms with Crippen LogP contribution >= 0.6 is 0 Å². The van der Waals surface area contributed by atoms with Crippen LogP contribution < -0.4 is 0 Å². The molecular weight excluding hydrogens is 300 g/mol. The van der Waals surface area contributed by atoms with Crippen LogP contribution in [-0.4, -0.2) is 39.2 Å². The molecule has 4 heteroatoms. The highest BCUT2D eigenvalue weighted by atomic mass is 16.3. The van der Waals surface area contributed by atoms with Crippen molar-refractivity contribution in [1.82, 2.24) is 9.47 Å². The fraction of sp³-hybridized carbons (Fsp3) is 0.550. The maximum absolute atomic E-state index is 12.8. The molecule has 2 aliphatic rings. The van der Waals surface area contributed by atoms with E-state index in [0.29, 0.717) is 19.6 Å². The number of likely N-dealkylation sites (tertiary alicyclic amines) is 1. The Bertz CT molecular complexity index is 766. The lowest BCUT2D eigenvalue weighted by molar-refractivity contribution is -0.143. The number of hydrogen-bond acceptors (Lipinski definition) is 2. The van der Waals surface area contributed by atoms with Crippen LogP contribution in [0.4, 0.5) is 0 Å². The zero-order valence-corrected chi connectivity index (χ0v) is 14.4. The van der Waals surface area contributed by atoms with Gasteiger partial charge in [0.2, 0.25) is 5.91 Å². The number of benzene rings is 1. The standard InChI is InChI=1S/C20H26N2O2/c1-15-5-6-18-16(12-15)7-10-21(18)14-19(23)22-11-9-20(24)8-3-2-4-17(20)13-22/h5-7,10,12,17,24H,2-4,8-9,11,13-14H2,1H3/t17-,20+/m1/s1. The Morgan fingerprint density at radius 2 is 2.17 bits per heavy atom. The predicted molar refractivity (Wildman–Crippen MR) is 94.8 cm³/mol. The summed E-state index contributed by atoms with van der Waals surface area (Å²) in [6.07, 6.45) is 6.98. The topological polar surface area (TPSA) is 45.5 Å². The minimum Gasteiger partial charge on any atom is -0.389 e. The fourth-order valence-electron chi connectivity index (χ4n) is 4.50. The van der Waals surface area contributed by atoms with Crippen molar-refractivity contribution in [3.63, 3.8) is 0 Å². The Labute approximate surface area is 143 Å². The molecule has 1 aliphatic carbocycles. The lowest BCUT2D eigenvalue weighted by atomic mass is 9.71. The zero-order valence-electron chi connectivity index (χ0n) is 14.4. The number of aryl methyl sites for hydroxylation is 1. The molecule has 1 aromatic carbocycles. The van der Waals surface area contributed by atoms with Gasteiger partial charge in [0.25, 0.3) is 0 Å². The van der Waals surface area contributed by atoms with E-state index in [-0.39, 0.29) is 11.8 Å². The molecule has 128 valence electrons. The summed E-state index contributed by atoms with van der Waals surface area (Å²) in [7, 11) is 0. The number of fused-ring (bicyclic) bond motifs is 2. The second-order valence-corrected chi connectivity index (χ2v) is 7.64. The summed E-state index contributed by atoms with van der Waals surface area (Å²) < 4.78 is 2.04.